The molecule has 8 heteroatoms. The summed E-state index contributed by atoms with van der Waals surface area (Å²) >= 11 is 3.31. The molecule has 112 valence electrons. The number of nitro benzene ring substituents is 1. The molecule has 2 rings (SSSR count). The Hall–Kier alpha value is -1.83. The predicted molar refractivity (Wildman–Crippen MR) is 79.5 cm³/mol. The number of nitrogens with zero attached hydrogens (tertiary/aromatic N) is 4. The Balaban J connectivity index is 2.64. The number of benzene rings is 1. The molecule has 0 atom stereocenters. The standard InChI is InChI=1S/C13H14BrFN4O2/c1-8(2)7-18-12(6-14)16-17-13(18)10-5-9(15)3-4-11(10)19(20)21/h3-5,8H,6-7H2,1-2H3. The van der Waals surface area contributed by atoms with Crippen molar-refractivity contribution >= 4 is 21.6 Å². The maximum absolute atomic E-state index is 13.5. The summed E-state index contributed by atoms with van der Waals surface area (Å²) in [7, 11) is 0. The molecule has 0 radical (unpaired) electrons. The molecule has 0 N–H and O–H groups in total. The van der Waals surface area contributed by atoms with E-state index in [1.807, 2.05) is 13.8 Å². The lowest BCUT2D eigenvalue weighted by molar-refractivity contribution is -0.384. The van der Waals surface area contributed by atoms with E-state index >= 15 is 0 Å². The molecule has 0 unspecified atom stereocenters. The first-order valence-electron chi connectivity index (χ1n) is 6.36. The SMILES string of the molecule is CC(C)Cn1c(CBr)nnc1-c1cc(F)ccc1[N+](=O)[O-]. The van der Waals surface area contributed by atoms with E-state index in [-0.39, 0.29) is 11.3 Å². The molecule has 21 heavy (non-hydrogen) atoms. The molecule has 1 aromatic heterocycles. The molecule has 6 nitrogen and oxygen atoms in total. The van der Waals surface area contributed by atoms with Crippen LogP contribution in [0.4, 0.5) is 10.1 Å². The predicted octanol–water partition coefficient (Wildman–Crippen LogP) is 3.54. The Bertz CT molecular complexity index is 672. The summed E-state index contributed by atoms with van der Waals surface area (Å²) in [6.45, 7) is 4.63. The second-order valence-electron chi connectivity index (χ2n) is 5.00. The van der Waals surface area contributed by atoms with Crippen molar-refractivity contribution in [2.75, 3.05) is 0 Å². The van der Waals surface area contributed by atoms with Crippen LogP contribution < -0.4 is 0 Å². The molecule has 0 aliphatic carbocycles. The monoisotopic (exact) mass is 356 g/mol. The van der Waals surface area contributed by atoms with Crippen LogP contribution in [-0.4, -0.2) is 19.7 Å². The smallest absolute Gasteiger partial charge is 0.280 e. The molecule has 0 bridgehead atoms. The maximum Gasteiger partial charge on any atom is 0.280 e. The van der Waals surface area contributed by atoms with E-state index in [0.717, 1.165) is 18.2 Å². The van der Waals surface area contributed by atoms with Crippen molar-refractivity contribution in [3.63, 3.8) is 0 Å². The zero-order valence-corrected chi connectivity index (χ0v) is 13.2. The lowest BCUT2D eigenvalue weighted by Crippen LogP contribution is -2.10. The summed E-state index contributed by atoms with van der Waals surface area (Å²) in [5.41, 5.74) is -0.0460. The van der Waals surface area contributed by atoms with Crippen LogP contribution in [0.15, 0.2) is 18.2 Å². The van der Waals surface area contributed by atoms with E-state index in [0.29, 0.717) is 29.4 Å². The van der Waals surface area contributed by atoms with Crippen LogP contribution in [0.2, 0.25) is 0 Å². The van der Waals surface area contributed by atoms with Gasteiger partial charge in [-0.15, -0.1) is 10.2 Å². The Labute approximate surface area is 129 Å². The van der Waals surface area contributed by atoms with Crippen molar-refractivity contribution in [2.24, 2.45) is 5.92 Å². The number of aromatic nitrogens is 3. The van der Waals surface area contributed by atoms with Crippen molar-refractivity contribution in [1.29, 1.82) is 0 Å². The fourth-order valence-corrected chi connectivity index (χ4v) is 2.45. The quantitative estimate of drug-likeness (QED) is 0.466. The summed E-state index contributed by atoms with van der Waals surface area (Å²) < 4.78 is 15.3. The number of nitro groups is 1. The molecule has 0 aliphatic heterocycles. The third-order valence-electron chi connectivity index (χ3n) is 2.89. The van der Waals surface area contributed by atoms with Gasteiger partial charge in [-0.1, -0.05) is 29.8 Å². The van der Waals surface area contributed by atoms with Gasteiger partial charge in [-0.2, -0.15) is 0 Å². The van der Waals surface area contributed by atoms with E-state index in [2.05, 4.69) is 26.1 Å². The highest BCUT2D eigenvalue weighted by molar-refractivity contribution is 9.08. The highest BCUT2D eigenvalue weighted by atomic mass is 79.9. The number of hydrogen-bond acceptors (Lipinski definition) is 4. The average molecular weight is 357 g/mol. The molecule has 1 heterocycles. The zero-order valence-electron chi connectivity index (χ0n) is 11.6. The summed E-state index contributed by atoms with van der Waals surface area (Å²) in [6.07, 6.45) is 0. The Morgan fingerprint density at radius 1 is 1.43 bits per heavy atom. The third-order valence-corrected chi connectivity index (χ3v) is 3.39. The van der Waals surface area contributed by atoms with Gasteiger partial charge in [-0.25, -0.2) is 4.39 Å². The van der Waals surface area contributed by atoms with E-state index in [1.54, 1.807) is 4.57 Å². The van der Waals surface area contributed by atoms with Gasteiger partial charge in [0.15, 0.2) is 5.82 Å². The average Bonchev–Trinajstić information content (AvgIpc) is 2.80. The van der Waals surface area contributed by atoms with Gasteiger partial charge in [0.1, 0.15) is 11.6 Å². The normalized spacial score (nSPS) is 11.1. The zero-order chi connectivity index (χ0) is 15.6. The Kier molecular flexibility index (Phi) is 4.66. The van der Waals surface area contributed by atoms with Gasteiger partial charge in [0.25, 0.3) is 5.69 Å². The highest BCUT2D eigenvalue weighted by Crippen LogP contribution is 2.30. The van der Waals surface area contributed by atoms with Gasteiger partial charge in [0, 0.05) is 12.6 Å². The van der Waals surface area contributed by atoms with Crippen LogP contribution in [0, 0.1) is 21.8 Å². The summed E-state index contributed by atoms with van der Waals surface area (Å²) in [5, 5.41) is 19.6. The second kappa shape index (κ2) is 6.30. The molecule has 0 saturated carbocycles. The van der Waals surface area contributed by atoms with E-state index in [1.165, 1.54) is 0 Å². The summed E-state index contributed by atoms with van der Waals surface area (Å²) in [5.74, 6) is 0.710. The van der Waals surface area contributed by atoms with E-state index in [4.69, 9.17) is 0 Å². The van der Waals surface area contributed by atoms with Crippen LogP contribution in [0.25, 0.3) is 11.4 Å². The minimum atomic E-state index is -0.546. The van der Waals surface area contributed by atoms with Gasteiger partial charge < -0.3 is 4.57 Å². The number of rotatable bonds is 5. The van der Waals surface area contributed by atoms with Crippen LogP contribution >= 0.6 is 15.9 Å². The first-order chi connectivity index (χ1) is 9.93. The van der Waals surface area contributed by atoms with Crippen molar-refractivity contribution in [2.45, 2.75) is 25.7 Å². The molecular formula is C13H14BrFN4O2. The first kappa shape index (κ1) is 15.6. The van der Waals surface area contributed by atoms with Crippen LogP contribution in [-0.2, 0) is 11.9 Å². The largest absolute Gasteiger partial charge is 0.310 e. The highest BCUT2D eigenvalue weighted by Gasteiger charge is 2.23. The minimum absolute atomic E-state index is 0.139. The Morgan fingerprint density at radius 3 is 2.71 bits per heavy atom. The molecule has 0 fully saturated rings. The van der Waals surface area contributed by atoms with Gasteiger partial charge >= 0.3 is 0 Å². The second-order valence-corrected chi connectivity index (χ2v) is 5.56. The summed E-state index contributed by atoms with van der Waals surface area (Å²) in [4.78, 5) is 10.6. The fourth-order valence-electron chi connectivity index (χ4n) is 2.04. The maximum atomic E-state index is 13.5. The summed E-state index contributed by atoms with van der Waals surface area (Å²) in [6, 6.07) is 3.33. The minimum Gasteiger partial charge on any atom is -0.310 e. The molecule has 0 spiro atoms. The lowest BCUT2D eigenvalue weighted by atomic mass is 10.1. The molecule has 2 aromatic rings. The third kappa shape index (κ3) is 3.26. The topological polar surface area (TPSA) is 73.8 Å². The van der Waals surface area contributed by atoms with E-state index in [9.17, 15) is 14.5 Å². The van der Waals surface area contributed by atoms with E-state index < -0.39 is 10.7 Å². The number of halogens is 2. The molecule has 1 aromatic carbocycles. The van der Waals surface area contributed by atoms with Gasteiger partial charge in [-0.05, 0) is 18.1 Å². The van der Waals surface area contributed by atoms with Crippen molar-refractivity contribution in [3.05, 3.63) is 40.0 Å². The molecular weight excluding hydrogens is 343 g/mol. The molecule has 0 amide bonds. The van der Waals surface area contributed by atoms with Crippen LogP contribution in [0.3, 0.4) is 0 Å². The van der Waals surface area contributed by atoms with Crippen LogP contribution in [0.5, 0.6) is 0 Å². The number of hydrogen-bond donors (Lipinski definition) is 0. The fraction of sp³-hybridized carbons (Fsp3) is 0.385. The molecule has 0 saturated heterocycles. The van der Waals surface area contributed by atoms with Crippen molar-refractivity contribution in [1.82, 2.24) is 14.8 Å². The van der Waals surface area contributed by atoms with Crippen LogP contribution in [0.1, 0.15) is 19.7 Å². The van der Waals surface area contributed by atoms with Crippen molar-refractivity contribution < 1.29 is 9.31 Å². The lowest BCUT2D eigenvalue weighted by Gasteiger charge is -2.12. The van der Waals surface area contributed by atoms with Crippen molar-refractivity contribution in [3.8, 4) is 11.4 Å². The van der Waals surface area contributed by atoms with Gasteiger partial charge in [0.2, 0.25) is 0 Å². The Morgan fingerprint density at radius 2 is 2.14 bits per heavy atom. The first-order valence-corrected chi connectivity index (χ1v) is 7.48. The number of alkyl halides is 1. The van der Waals surface area contributed by atoms with Gasteiger partial charge in [-0.3, -0.25) is 10.1 Å². The molecule has 0 aliphatic rings. The van der Waals surface area contributed by atoms with Gasteiger partial charge in [0.05, 0.1) is 15.8 Å².